The molecule has 3 rings (SSSR count). The molecule has 4 amide bonds. The van der Waals surface area contributed by atoms with Crippen molar-refractivity contribution in [1.29, 1.82) is 0 Å². The third-order valence-corrected chi connectivity index (χ3v) is 5.68. The van der Waals surface area contributed by atoms with E-state index in [0.29, 0.717) is 17.9 Å². The highest BCUT2D eigenvalue weighted by atomic mass is 32.2. The fourth-order valence-electron chi connectivity index (χ4n) is 3.19. The van der Waals surface area contributed by atoms with E-state index in [4.69, 9.17) is 4.74 Å². The van der Waals surface area contributed by atoms with Gasteiger partial charge in [-0.1, -0.05) is 19.3 Å². The number of thioether (sulfide) groups is 1. The number of carbonyl (C=O) groups excluding carboxylic acids is 4. The Bertz CT molecular complexity index is 777. The topological polar surface area (TPSA) is 114 Å². The Kier molecular flexibility index (Phi) is 6.91. The second-order valence-electron chi connectivity index (χ2n) is 6.79. The number of carbonyl (C=O) groups is 4. The number of rotatable bonds is 4. The molecule has 0 aromatic heterocycles. The number of fused-ring (bicyclic) bond motifs is 1. The van der Waals surface area contributed by atoms with Crippen LogP contribution in [0, 0.1) is 0 Å². The van der Waals surface area contributed by atoms with E-state index in [0.717, 1.165) is 30.6 Å². The van der Waals surface area contributed by atoms with Gasteiger partial charge in [-0.25, -0.2) is 9.59 Å². The second-order valence-corrected chi connectivity index (χ2v) is 7.93. The van der Waals surface area contributed by atoms with Gasteiger partial charge < -0.3 is 15.4 Å². The van der Waals surface area contributed by atoms with Crippen molar-refractivity contribution in [3.8, 4) is 0 Å². The van der Waals surface area contributed by atoms with E-state index in [-0.39, 0.29) is 17.5 Å². The molecule has 2 aliphatic rings. The van der Waals surface area contributed by atoms with Gasteiger partial charge in [-0.3, -0.25) is 14.9 Å². The molecular formula is C19H23N3O5S. The number of ether oxygens (including phenoxy) is 1. The smallest absolute Gasteiger partial charge is 0.338 e. The first-order valence-corrected chi connectivity index (χ1v) is 10.3. The van der Waals surface area contributed by atoms with Gasteiger partial charge in [0.15, 0.2) is 6.61 Å². The van der Waals surface area contributed by atoms with Gasteiger partial charge in [0.05, 0.1) is 11.3 Å². The quantitative estimate of drug-likeness (QED) is 0.663. The van der Waals surface area contributed by atoms with Gasteiger partial charge in [0, 0.05) is 23.1 Å². The maximum atomic E-state index is 12.2. The molecule has 9 heteroatoms. The minimum absolute atomic E-state index is 0.0803. The Hall–Kier alpha value is -2.55. The number of amides is 4. The summed E-state index contributed by atoms with van der Waals surface area (Å²) in [7, 11) is 0. The number of esters is 1. The number of benzene rings is 1. The summed E-state index contributed by atoms with van der Waals surface area (Å²) in [5.74, 6) is -0.833. The Morgan fingerprint density at radius 1 is 1.18 bits per heavy atom. The van der Waals surface area contributed by atoms with Crippen molar-refractivity contribution in [2.24, 2.45) is 0 Å². The molecule has 28 heavy (non-hydrogen) atoms. The van der Waals surface area contributed by atoms with Gasteiger partial charge in [-0.15, -0.1) is 11.8 Å². The van der Waals surface area contributed by atoms with Crippen LogP contribution in [0.2, 0.25) is 0 Å². The molecule has 1 aliphatic heterocycles. The van der Waals surface area contributed by atoms with E-state index in [1.807, 2.05) is 0 Å². The first kappa shape index (κ1) is 20.2. The Morgan fingerprint density at radius 2 is 1.96 bits per heavy atom. The molecule has 1 aromatic rings. The van der Waals surface area contributed by atoms with Crippen molar-refractivity contribution in [3.63, 3.8) is 0 Å². The predicted molar refractivity (Wildman–Crippen MR) is 104 cm³/mol. The number of hydrogen-bond donors (Lipinski definition) is 3. The van der Waals surface area contributed by atoms with E-state index in [2.05, 4.69) is 16.0 Å². The standard InChI is InChI=1S/C19H23N3O5S/c23-16-8-9-28-15-7-6-12(10-14(15)21-16)18(25)27-11-17(24)22-19(26)20-13-4-2-1-3-5-13/h6-7,10,13H,1-5,8-9,11H2,(H,21,23)(H2,20,22,24,26). The highest BCUT2D eigenvalue weighted by molar-refractivity contribution is 7.99. The lowest BCUT2D eigenvalue weighted by Gasteiger charge is -2.22. The van der Waals surface area contributed by atoms with Crippen LogP contribution >= 0.6 is 11.8 Å². The maximum Gasteiger partial charge on any atom is 0.338 e. The molecule has 150 valence electrons. The third kappa shape index (κ3) is 5.72. The molecule has 0 radical (unpaired) electrons. The van der Waals surface area contributed by atoms with Crippen molar-refractivity contribution in [2.45, 2.75) is 49.5 Å². The molecule has 1 aliphatic carbocycles. The zero-order chi connectivity index (χ0) is 19.9. The molecule has 3 N–H and O–H groups in total. The number of urea groups is 1. The lowest BCUT2D eigenvalue weighted by Crippen LogP contribution is -2.46. The zero-order valence-corrected chi connectivity index (χ0v) is 16.2. The van der Waals surface area contributed by atoms with E-state index in [1.165, 1.54) is 24.2 Å². The van der Waals surface area contributed by atoms with Crippen molar-refractivity contribution < 1.29 is 23.9 Å². The van der Waals surface area contributed by atoms with Crippen molar-refractivity contribution in [3.05, 3.63) is 23.8 Å². The summed E-state index contributed by atoms with van der Waals surface area (Å²) in [4.78, 5) is 48.4. The molecule has 0 spiro atoms. The second kappa shape index (κ2) is 9.59. The normalized spacial score (nSPS) is 16.9. The van der Waals surface area contributed by atoms with Crippen LogP contribution in [0.15, 0.2) is 23.1 Å². The number of imide groups is 1. The van der Waals surface area contributed by atoms with Gasteiger partial charge in [0.1, 0.15) is 0 Å². The van der Waals surface area contributed by atoms with Crippen molar-refractivity contribution in [2.75, 3.05) is 17.7 Å². The molecule has 1 saturated carbocycles. The van der Waals surface area contributed by atoms with Crippen LogP contribution in [0.4, 0.5) is 10.5 Å². The van der Waals surface area contributed by atoms with Crippen LogP contribution in [0.5, 0.6) is 0 Å². The molecular weight excluding hydrogens is 382 g/mol. The summed E-state index contributed by atoms with van der Waals surface area (Å²) in [6.07, 6.45) is 5.52. The minimum Gasteiger partial charge on any atom is -0.452 e. The molecule has 8 nitrogen and oxygen atoms in total. The van der Waals surface area contributed by atoms with E-state index in [9.17, 15) is 19.2 Å². The van der Waals surface area contributed by atoms with E-state index < -0.39 is 24.5 Å². The predicted octanol–water partition coefficient (Wildman–Crippen LogP) is 2.44. The van der Waals surface area contributed by atoms with Crippen LogP contribution in [-0.4, -0.2) is 42.2 Å². The first-order valence-electron chi connectivity index (χ1n) is 9.35. The summed E-state index contributed by atoms with van der Waals surface area (Å²) in [5, 5.41) is 7.68. The van der Waals surface area contributed by atoms with E-state index in [1.54, 1.807) is 12.1 Å². The molecule has 0 saturated heterocycles. The van der Waals surface area contributed by atoms with Gasteiger partial charge in [0.2, 0.25) is 5.91 Å². The van der Waals surface area contributed by atoms with Crippen molar-refractivity contribution in [1.82, 2.24) is 10.6 Å². The zero-order valence-electron chi connectivity index (χ0n) is 15.4. The SMILES string of the molecule is O=C(COC(=O)c1ccc2c(c1)NC(=O)CCS2)NC(=O)NC1CCCCC1. The average Bonchev–Trinajstić information content (AvgIpc) is 2.86. The summed E-state index contributed by atoms with van der Waals surface area (Å²) < 4.78 is 4.98. The lowest BCUT2D eigenvalue weighted by atomic mass is 9.96. The largest absolute Gasteiger partial charge is 0.452 e. The van der Waals surface area contributed by atoms with Gasteiger partial charge in [-0.05, 0) is 31.0 Å². The fourth-order valence-corrected chi connectivity index (χ4v) is 4.13. The number of hydrogen-bond acceptors (Lipinski definition) is 6. The Labute approximate surface area is 167 Å². The van der Waals surface area contributed by atoms with Crippen LogP contribution in [0.1, 0.15) is 48.9 Å². The van der Waals surface area contributed by atoms with Crippen LogP contribution in [-0.2, 0) is 14.3 Å². The average molecular weight is 405 g/mol. The molecule has 0 atom stereocenters. The van der Waals surface area contributed by atoms with Gasteiger partial charge in [-0.2, -0.15) is 0 Å². The summed E-state index contributed by atoms with van der Waals surface area (Å²) >= 11 is 1.53. The highest BCUT2D eigenvalue weighted by Gasteiger charge is 2.19. The minimum atomic E-state index is -0.700. The molecule has 1 aromatic carbocycles. The van der Waals surface area contributed by atoms with Crippen LogP contribution in [0.25, 0.3) is 0 Å². The summed E-state index contributed by atoms with van der Waals surface area (Å²) in [6, 6.07) is 4.36. The first-order chi connectivity index (χ1) is 13.5. The Balaban J connectivity index is 1.47. The van der Waals surface area contributed by atoms with Gasteiger partial charge in [0.25, 0.3) is 5.91 Å². The highest BCUT2D eigenvalue weighted by Crippen LogP contribution is 2.31. The summed E-state index contributed by atoms with van der Waals surface area (Å²) in [6.45, 7) is -0.560. The van der Waals surface area contributed by atoms with Crippen molar-refractivity contribution >= 4 is 41.3 Å². The Morgan fingerprint density at radius 3 is 2.75 bits per heavy atom. The number of anilines is 1. The van der Waals surface area contributed by atoms with Crippen LogP contribution in [0.3, 0.4) is 0 Å². The fraction of sp³-hybridized carbons (Fsp3) is 0.474. The van der Waals surface area contributed by atoms with Crippen LogP contribution < -0.4 is 16.0 Å². The molecule has 1 fully saturated rings. The molecule has 0 bridgehead atoms. The lowest BCUT2D eigenvalue weighted by molar-refractivity contribution is -0.123. The third-order valence-electron chi connectivity index (χ3n) is 4.60. The maximum absolute atomic E-state index is 12.2. The monoisotopic (exact) mass is 405 g/mol. The number of nitrogens with one attached hydrogen (secondary N) is 3. The molecule has 1 heterocycles. The van der Waals surface area contributed by atoms with E-state index >= 15 is 0 Å². The molecule has 0 unspecified atom stereocenters. The summed E-state index contributed by atoms with van der Waals surface area (Å²) in [5.41, 5.74) is 0.777. The van der Waals surface area contributed by atoms with Gasteiger partial charge >= 0.3 is 12.0 Å².